The van der Waals surface area contributed by atoms with E-state index in [-0.39, 0.29) is 40.9 Å². The first kappa shape index (κ1) is 26.7. The zero-order valence-corrected chi connectivity index (χ0v) is 21.0. The molecule has 5 rings (SSSR count). The van der Waals surface area contributed by atoms with Crippen LogP contribution in [0.2, 0.25) is 0 Å². The Hall–Kier alpha value is -4.94. The van der Waals surface area contributed by atoms with Crippen molar-refractivity contribution < 1.29 is 37.4 Å². The fourth-order valence-corrected chi connectivity index (χ4v) is 4.77. The number of nitrogens with zero attached hydrogens (tertiary/aromatic N) is 3. The van der Waals surface area contributed by atoms with E-state index in [2.05, 4.69) is 25.5 Å². The molecular weight excluding hydrogens is 531 g/mol. The van der Waals surface area contributed by atoms with Crippen LogP contribution in [0.25, 0.3) is 5.65 Å². The molecule has 40 heavy (non-hydrogen) atoms. The molecule has 0 unspecified atom stereocenters. The second-order valence-corrected chi connectivity index (χ2v) is 9.18. The number of aromatic carboxylic acids is 1. The molecule has 2 aromatic heterocycles. The molecule has 0 bridgehead atoms. The summed E-state index contributed by atoms with van der Waals surface area (Å²) in [6.45, 7) is 1.74. The second kappa shape index (κ2) is 10.3. The van der Waals surface area contributed by atoms with Gasteiger partial charge in [-0.1, -0.05) is 18.2 Å². The Balaban J connectivity index is 1.32. The highest BCUT2D eigenvalue weighted by Gasteiger charge is 2.31. The first-order valence-corrected chi connectivity index (χ1v) is 12.1. The third kappa shape index (κ3) is 5.44. The van der Waals surface area contributed by atoms with E-state index in [1.807, 2.05) is 0 Å². The number of amides is 2. The van der Waals surface area contributed by atoms with Gasteiger partial charge in [0, 0.05) is 18.7 Å². The zero-order chi connectivity index (χ0) is 28.6. The number of carboxylic acid groups (broad SMARTS) is 1. The monoisotopic (exact) mass is 553 g/mol. The Bertz CT molecular complexity index is 1630. The van der Waals surface area contributed by atoms with Crippen molar-refractivity contribution >= 4 is 23.4 Å². The van der Waals surface area contributed by atoms with Crippen molar-refractivity contribution in [3.8, 4) is 5.75 Å². The van der Waals surface area contributed by atoms with E-state index in [4.69, 9.17) is 0 Å². The molecule has 3 N–H and O–H groups in total. The maximum absolute atomic E-state index is 13.4. The van der Waals surface area contributed by atoms with Crippen LogP contribution in [-0.4, -0.2) is 43.9 Å². The molecule has 2 heterocycles. The molecule has 0 fully saturated rings. The summed E-state index contributed by atoms with van der Waals surface area (Å²) in [6.07, 6.45) is -2.18. The van der Waals surface area contributed by atoms with Crippen LogP contribution in [0.1, 0.15) is 66.1 Å². The van der Waals surface area contributed by atoms with Crippen molar-refractivity contribution in [3.63, 3.8) is 0 Å². The summed E-state index contributed by atoms with van der Waals surface area (Å²) in [5.41, 5.74) is 3.42. The molecule has 0 radical (unpaired) electrons. The third-order valence-corrected chi connectivity index (χ3v) is 6.66. The van der Waals surface area contributed by atoms with E-state index in [1.54, 1.807) is 13.0 Å². The van der Waals surface area contributed by atoms with E-state index in [1.165, 1.54) is 41.0 Å². The number of alkyl halides is 3. The molecule has 2 amide bonds. The van der Waals surface area contributed by atoms with E-state index in [0.29, 0.717) is 24.0 Å². The van der Waals surface area contributed by atoms with Gasteiger partial charge in [0.1, 0.15) is 17.1 Å². The quantitative estimate of drug-likeness (QED) is 0.315. The van der Waals surface area contributed by atoms with Crippen molar-refractivity contribution in [1.29, 1.82) is 0 Å². The van der Waals surface area contributed by atoms with Crippen molar-refractivity contribution in [2.24, 2.45) is 0 Å². The molecule has 10 nitrogen and oxygen atoms in total. The van der Waals surface area contributed by atoms with Gasteiger partial charge < -0.3 is 20.5 Å². The third-order valence-electron chi connectivity index (χ3n) is 6.66. The van der Waals surface area contributed by atoms with Crippen LogP contribution in [0.15, 0.2) is 54.7 Å². The summed E-state index contributed by atoms with van der Waals surface area (Å²) in [4.78, 5) is 42.0. The van der Waals surface area contributed by atoms with Crippen molar-refractivity contribution in [2.45, 2.75) is 38.7 Å². The normalized spacial score (nSPS) is 14.6. The average Bonchev–Trinajstić information content (AvgIpc) is 3.54. The van der Waals surface area contributed by atoms with Gasteiger partial charge in [-0.25, -0.2) is 14.3 Å². The number of hydrogen-bond donors (Lipinski definition) is 3. The Morgan fingerprint density at radius 3 is 2.55 bits per heavy atom. The van der Waals surface area contributed by atoms with Gasteiger partial charge >= 0.3 is 12.3 Å². The number of fused-ring (bicyclic) bond motifs is 2. The molecule has 1 atom stereocenters. The van der Waals surface area contributed by atoms with Crippen LogP contribution in [0, 0.1) is 6.92 Å². The Labute approximate surface area is 224 Å². The molecule has 0 spiro atoms. The summed E-state index contributed by atoms with van der Waals surface area (Å²) in [7, 11) is 0. The molecule has 1 aliphatic carbocycles. The predicted molar refractivity (Wildman–Crippen MR) is 134 cm³/mol. The Morgan fingerprint density at radius 2 is 1.85 bits per heavy atom. The first-order chi connectivity index (χ1) is 19.0. The molecule has 206 valence electrons. The number of benzene rings is 2. The maximum Gasteiger partial charge on any atom is 0.573 e. The van der Waals surface area contributed by atoms with E-state index >= 15 is 0 Å². The second-order valence-electron chi connectivity index (χ2n) is 9.18. The number of ether oxygens (including phenoxy) is 1. The van der Waals surface area contributed by atoms with Crippen LogP contribution >= 0.6 is 0 Å². The standard InChI is InChI=1S/C27H22F3N5O5/c1-14-17-8-9-20(19(17)7-6-18(14)26(38)39)34-25(37)22-12-21(33-23-10-11-32-35(22)23)24(36)31-13-15-2-4-16(5-3-15)40-27(28,29)30/h2-7,10-12,20H,8-9,13H2,1H3,(H,31,36)(H,34,37)(H,38,39)/t20-/m0/s1. The summed E-state index contributed by atoms with van der Waals surface area (Å²) >= 11 is 0. The maximum atomic E-state index is 13.4. The van der Waals surface area contributed by atoms with Gasteiger partial charge in [0.2, 0.25) is 0 Å². The average molecular weight is 553 g/mol. The van der Waals surface area contributed by atoms with Crippen LogP contribution < -0.4 is 15.4 Å². The molecule has 1 aliphatic rings. The minimum atomic E-state index is -4.80. The lowest BCUT2D eigenvalue weighted by Gasteiger charge is -2.16. The van der Waals surface area contributed by atoms with Crippen molar-refractivity contribution in [2.75, 3.05) is 0 Å². The van der Waals surface area contributed by atoms with Crippen LogP contribution in [-0.2, 0) is 13.0 Å². The van der Waals surface area contributed by atoms with Crippen LogP contribution in [0.5, 0.6) is 5.75 Å². The van der Waals surface area contributed by atoms with Crippen LogP contribution in [0.3, 0.4) is 0 Å². The molecule has 13 heteroatoms. The highest BCUT2D eigenvalue weighted by Crippen LogP contribution is 2.35. The number of rotatable bonds is 7. The molecule has 0 saturated carbocycles. The fraction of sp³-hybridized carbons (Fsp3) is 0.222. The largest absolute Gasteiger partial charge is 0.573 e. The highest BCUT2D eigenvalue weighted by atomic mass is 19.4. The minimum absolute atomic E-state index is 0.00464. The lowest BCUT2D eigenvalue weighted by Crippen LogP contribution is -2.30. The molecule has 2 aromatic carbocycles. The number of carbonyl (C=O) groups excluding carboxylic acids is 2. The number of halogens is 3. The number of nitrogens with one attached hydrogen (secondary N) is 2. The fourth-order valence-electron chi connectivity index (χ4n) is 4.77. The van der Waals surface area contributed by atoms with Crippen molar-refractivity contribution in [3.05, 3.63) is 93.9 Å². The van der Waals surface area contributed by atoms with Gasteiger partial charge in [-0.2, -0.15) is 5.10 Å². The lowest BCUT2D eigenvalue weighted by atomic mass is 9.98. The number of carbonyl (C=O) groups is 3. The Kier molecular flexibility index (Phi) is 6.88. The summed E-state index contributed by atoms with van der Waals surface area (Å²) < 4.78 is 42.2. The summed E-state index contributed by atoms with van der Waals surface area (Å²) in [5, 5.41) is 19.1. The number of carboxylic acids is 1. The molecule has 4 aromatic rings. The van der Waals surface area contributed by atoms with E-state index < -0.39 is 24.1 Å². The van der Waals surface area contributed by atoms with Crippen LogP contribution in [0.4, 0.5) is 13.2 Å². The number of aromatic nitrogens is 3. The zero-order valence-electron chi connectivity index (χ0n) is 21.0. The van der Waals surface area contributed by atoms with Gasteiger partial charge in [-0.15, -0.1) is 13.2 Å². The van der Waals surface area contributed by atoms with Gasteiger partial charge in [0.05, 0.1) is 17.8 Å². The summed E-state index contributed by atoms with van der Waals surface area (Å²) in [6, 6.07) is 10.8. The topological polar surface area (TPSA) is 135 Å². The smallest absolute Gasteiger partial charge is 0.478 e. The van der Waals surface area contributed by atoms with Gasteiger partial charge in [0.15, 0.2) is 5.65 Å². The van der Waals surface area contributed by atoms with E-state index in [0.717, 1.165) is 23.3 Å². The summed E-state index contributed by atoms with van der Waals surface area (Å²) in [5.74, 6) is -2.49. The lowest BCUT2D eigenvalue weighted by molar-refractivity contribution is -0.274. The minimum Gasteiger partial charge on any atom is -0.478 e. The molecule has 0 saturated heterocycles. The van der Waals surface area contributed by atoms with Crippen molar-refractivity contribution in [1.82, 2.24) is 25.2 Å². The first-order valence-electron chi connectivity index (χ1n) is 12.1. The predicted octanol–water partition coefficient (Wildman–Crippen LogP) is 3.98. The van der Waals surface area contributed by atoms with Gasteiger partial charge in [-0.3, -0.25) is 9.59 Å². The van der Waals surface area contributed by atoms with Gasteiger partial charge in [0.25, 0.3) is 11.8 Å². The highest BCUT2D eigenvalue weighted by molar-refractivity contribution is 5.98. The molecular formula is C27H22F3N5O5. The molecule has 0 aliphatic heterocycles. The van der Waals surface area contributed by atoms with E-state index in [9.17, 15) is 32.7 Å². The number of hydrogen-bond acceptors (Lipinski definition) is 6. The Morgan fingerprint density at radius 1 is 1.10 bits per heavy atom. The SMILES string of the molecule is Cc1c(C(=O)O)ccc2c1CC[C@@H]2NC(=O)c1cc(C(=O)NCc2ccc(OC(F)(F)F)cc2)nc2ccnn12. The van der Waals surface area contributed by atoms with Gasteiger partial charge in [-0.05, 0) is 60.2 Å².